The van der Waals surface area contributed by atoms with Gasteiger partial charge in [0.05, 0.1) is 38.6 Å². The van der Waals surface area contributed by atoms with Gasteiger partial charge in [-0.25, -0.2) is 0 Å². The highest BCUT2D eigenvalue weighted by Crippen LogP contribution is 1.86. The maximum absolute atomic E-state index is 9.64. The van der Waals surface area contributed by atoms with Gasteiger partial charge in [-0.3, -0.25) is 19.6 Å². The zero-order valence-corrected chi connectivity index (χ0v) is 12.5. The van der Waals surface area contributed by atoms with Gasteiger partial charge in [0.25, 0.3) is 0 Å². The number of hydrogen-bond donors (Lipinski definition) is 4. The van der Waals surface area contributed by atoms with Crippen LogP contribution in [0, 0.1) is 0 Å². The van der Waals surface area contributed by atoms with Crippen molar-refractivity contribution in [2.45, 2.75) is 12.8 Å². The molecule has 0 radical (unpaired) electrons. The van der Waals surface area contributed by atoms with Crippen molar-refractivity contribution < 1.29 is 19.8 Å². The normalized spacial score (nSPS) is 13.0. The van der Waals surface area contributed by atoms with Crippen LogP contribution in [0.15, 0.2) is 9.98 Å². The molecule has 0 bridgehead atoms. The molecule has 2 aliphatic rings. The van der Waals surface area contributed by atoms with Gasteiger partial charge in [-0.2, -0.15) is 0 Å². The van der Waals surface area contributed by atoms with Gasteiger partial charge in [0.15, 0.2) is 0 Å². The van der Waals surface area contributed by atoms with Crippen molar-refractivity contribution in [2.75, 3.05) is 26.2 Å². The van der Waals surface area contributed by atoms with Crippen molar-refractivity contribution in [3.05, 3.63) is 0 Å². The second-order valence-corrected chi connectivity index (χ2v) is 3.27. The fraction of sp³-hybridized carbons (Fsp3) is 0.600. The summed E-state index contributed by atoms with van der Waals surface area (Å²) in [6.45, 7) is 3.97. The molecule has 4 N–H and O–H groups in total. The zero-order valence-electron chi connectivity index (χ0n) is 10.8. The predicted molar refractivity (Wildman–Crippen MR) is 81.7 cm³/mol. The smallest absolute Gasteiger partial charge is 0.303 e. The fourth-order valence-electron chi connectivity index (χ4n) is 0.859. The van der Waals surface area contributed by atoms with Crippen LogP contribution in [-0.2, 0) is 9.59 Å². The highest BCUT2D eigenvalue weighted by molar-refractivity contribution is 5.85. The SMILES string of the molecule is C1=NCCN1.C1=NCCN1.Cl.Cl.O=C(O)CCC(=O)O. The highest BCUT2D eigenvalue weighted by atomic mass is 35.5. The van der Waals surface area contributed by atoms with Crippen molar-refractivity contribution >= 4 is 49.4 Å². The lowest BCUT2D eigenvalue weighted by Crippen LogP contribution is -2.04. The second kappa shape index (κ2) is 17.5. The second-order valence-electron chi connectivity index (χ2n) is 3.27. The average Bonchev–Trinajstić information content (AvgIpc) is 3.03. The Labute approximate surface area is 129 Å². The third-order valence-electron chi connectivity index (χ3n) is 1.69. The molecule has 2 aliphatic heterocycles. The van der Waals surface area contributed by atoms with Crippen LogP contribution in [0.5, 0.6) is 0 Å². The van der Waals surface area contributed by atoms with E-state index in [-0.39, 0.29) is 37.7 Å². The largest absolute Gasteiger partial charge is 0.481 e. The van der Waals surface area contributed by atoms with Gasteiger partial charge < -0.3 is 20.8 Å². The van der Waals surface area contributed by atoms with Crippen molar-refractivity contribution in [3.8, 4) is 0 Å². The van der Waals surface area contributed by atoms with Gasteiger partial charge in [-0.1, -0.05) is 0 Å². The number of carboxylic acids is 2. The molecule has 0 amide bonds. The zero-order chi connectivity index (χ0) is 13.6. The number of carboxylic acid groups (broad SMARTS) is 2. The molecule has 0 saturated carbocycles. The summed E-state index contributed by atoms with van der Waals surface area (Å²) in [7, 11) is 0. The fourth-order valence-corrected chi connectivity index (χ4v) is 0.859. The number of aliphatic imine (C=N–C) groups is 2. The minimum Gasteiger partial charge on any atom is -0.481 e. The Bertz CT molecular complexity index is 272. The third-order valence-corrected chi connectivity index (χ3v) is 1.69. The summed E-state index contributed by atoms with van der Waals surface area (Å²) in [5.74, 6) is -2.15. The summed E-state index contributed by atoms with van der Waals surface area (Å²) in [4.78, 5) is 27.0. The number of aliphatic carboxylic acids is 2. The average molecular weight is 331 g/mol. The van der Waals surface area contributed by atoms with E-state index < -0.39 is 11.9 Å². The van der Waals surface area contributed by atoms with E-state index in [9.17, 15) is 9.59 Å². The summed E-state index contributed by atoms with van der Waals surface area (Å²) < 4.78 is 0. The maximum Gasteiger partial charge on any atom is 0.303 e. The number of hydrogen-bond acceptors (Lipinski definition) is 6. The van der Waals surface area contributed by atoms with Crippen LogP contribution in [0.3, 0.4) is 0 Å². The lowest BCUT2D eigenvalue weighted by atomic mass is 10.3. The molecule has 0 spiro atoms. The standard InChI is InChI=1S/C4H6O4.2C3H6N2.2ClH/c5-3(6)1-2-4(7)8;2*1-2-5-3-4-1;;/h1-2H2,(H,5,6)(H,7,8);2*3H,1-2H2,(H,4,5);2*1H. The van der Waals surface area contributed by atoms with E-state index in [4.69, 9.17) is 10.2 Å². The molecule has 0 aliphatic carbocycles. The van der Waals surface area contributed by atoms with Gasteiger partial charge >= 0.3 is 11.9 Å². The van der Waals surface area contributed by atoms with Gasteiger partial charge in [-0.05, 0) is 0 Å². The minimum absolute atomic E-state index is 0. The summed E-state index contributed by atoms with van der Waals surface area (Å²) in [5.41, 5.74) is 0. The molecule has 2 rings (SSSR count). The third kappa shape index (κ3) is 21.7. The first kappa shape index (κ1) is 23.5. The summed E-state index contributed by atoms with van der Waals surface area (Å²) in [5, 5.41) is 21.7. The van der Waals surface area contributed by atoms with Gasteiger partial charge in [0.1, 0.15) is 0 Å². The van der Waals surface area contributed by atoms with Crippen molar-refractivity contribution in [1.29, 1.82) is 0 Å². The Morgan fingerprint density at radius 3 is 1.35 bits per heavy atom. The first-order valence-corrected chi connectivity index (χ1v) is 5.50. The lowest BCUT2D eigenvalue weighted by Gasteiger charge is -1.85. The Hall–Kier alpha value is -1.54. The van der Waals surface area contributed by atoms with E-state index in [2.05, 4.69) is 20.6 Å². The van der Waals surface area contributed by atoms with Gasteiger partial charge in [0.2, 0.25) is 0 Å². The lowest BCUT2D eigenvalue weighted by molar-refractivity contribution is -0.143. The molecule has 0 fully saturated rings. The molecule has 20 heavy (non-hydrogen) atoms. The molecular formula is C10H20Cl2N4O4. The number of nitrogens with zero attached hydrogens (tertiary/aromatic N) is 2. The summed E-state index contributed by atoms with van der Waals surface area (Å²) >= 11 is 0. The van der Waals surface area contributed by atoms with E-state index in [1.165, 1.54) is 0 Å². The van der Waals surface area contributed by atoms with Crippen LogP contribution in [0.1, 0.15) is 12.8 Å². The van der Waals surface area contributed by atoms with Crippen LogP contribution < -0.4 is 10.6 Å². The molecule has 0 unspecified atom stereocenters. The van der Waals surface area contributed by atoms with Crippen LogP contribution in [0.2, 0.25) is 0 Å². The molecule has 8 nitrogen and oxygen atoms in total. The monoisotopic (exact) mass is 330 g/mol. The Kier molecular flexibility index (Phi) is 20.6. The van der Waals surface area contributed by atoms with E-state index in [0.717, 1.165) is 26.2 Å². The number of halogens is 2. The molecule has 10 heteroatoms. The van der Waals surface area contributed by atoms with Gasteiger partial charge in [0, 0.05) is 13.1 Å². The van der Waals surface area contributed by atoms with Crippen molar-refractivity contribution in [2.24, 2.45) is 9.98 Å². The van der Waals surface area contributed by atoms with E-state index in [1.54, 1.807) is 12.7 Å². The molecule has 0 saturated heterocycles. The quantitative estimate of drug-likeness (QED) is 0.578. The van der Waals surface area contributed by atoms with Crippen molar-refractivity contribution in [1.82, 2.24) is 10.6 Å². The minimum atomic E-state index is -1.08. The first-order chi connectivity index (χ1) is 8.63. The number of rotatable bonds is 3. The molecule has 0 aromatic rings. The highest BCUT2D eigenvalue weighted by Gasteiger charge is 2.00. The van der Waals surface area contributed by atoms with Crippen LogP contribution in [0.25, 0.3) is 0 Å². The van der Waals surface area contributed by atoms with Crippen molar-refractivity contribution in [3.63, 3.8) is 0 Å². The summed E-state index contributed by atoms with van der Waals surface area (Å²) in [6.07, 6.45) is 2.88. The predicted octanol–water partition coefficient (Wildman–Crippen LogP) is 0.0152. The Balaban J connectivity index is -0.000000212. The van der Waals surface area contributed by atoms with E-state index in [0.29, 0.717) is 0 Å². The number of carbonyl (C=O) groups is 2. The first-order valence-electron chi connectivity index (χ1n) is 5.50. The number of nitrogens with one attached hydrogen (secondary N) is 2. The molecule has 0 atom stereocenters. The van der Waals surface area contributed by atoms with Gasteiger partial charge in [-0.15, -0.1) is 24.8 Å². The van der Waals surface area contributed by atoms with E-state index >= 15 is 0 Å². The summed E-state index contributed by atoms with van der Waals surface area (Å²) in [6, 6.07) is 0. The van der Waals surface area contributed by atoms with Crippen LogP contribution >= 0.6 is 24.8 Å². The molecule has 118 valence electrons. The molecule has 0 aromatic carbocycles. The molecule has 2 heterocycles. The Morgan fingerprint density at radius 1 is 0.900 bits per heavy atom. The topological polar surface area (TPSA) is 123 Å². The van der Waals surface area contributed by atoms with Crippen LogP contribution in [0.4, 0.5) is 0 Å². The maximum atomic E-state index is 9.64. The Morgan fingerprint density at radius 2 is 1.25 bits per heavy atom. The molecular weight excluding hydrogens is 311 g/mol. The molecule has 0 aromatic heterocycles. The van der Waals surface area contributed by atoms with E-state index in [1.807, 2.05) is 0 Å². The van der Waals surface area contributed by atoms with Crippen LogP contribution in [-0.4, -0.2) is 61.0 Å².